The van der Waals surface area contributed by atoms with Crippen molar-refractivity contribution in [3.8, 4) is 45.3 Å². The van der Waals surface area contributed by atoms with Crippen molar-refractivity contribution in [2.24, 2.45) is 10.8 Å². The van der Waals surface area contributed by atoms with Gasteiger partial charge in [-0.2, -0.15) is 0 Å². The van der Waals surface area contributed by atoms with Crippen molar-refractivity contribution in [3.05, 3.63) is 149 Å². The topological polar surface area (TPSA) is 98.8 Å². The molecule has 6 aromatic carbocycles. The molecule has 9 rings (SSSR count). The highest BCUT2D eigenvalue weighted by atomic mass is 16.6. The molecule has 71 heavy (non-hydrogen) atoms. The number of benzene rings is 6. The molecule has 2 atom stereocenters. The van der Waals surface area contributed by atoms with Gasteiger partial charge in [-0.25, -0.2) is 0 Å². The van der Waals surface area contributed by atoms with Crippen LogP contribution in [0.2, 0.25) is 0 Å². The molecule has 1 fully saturated rings. The van der Waals surface area contributed by atoms with Gasteiger partial charge < -0.3 is 33.2 Å². The molecule has 0 amide bonds. The van der Waals surface area contributed by atoms with Crippen LogP contribution in [0, 0.1) is 10.8 Å². The molecule has 1 heterocycles. The van der Waals surface area contributed by atoms with Gasteiger partial charge in [-0.05, 0) is 119 Å². The smallest absolute Gasteiger partial charge is 0.306 e. The maximum Gasteiger partial charge on any atom is 0.306 e. The zero-order valence-electron chi connectivity index (χ0n) is 42.7. The zero-order chi connectivity index (χ0) is 50.0. The molecule has 6 aromatic rings. The summed E-state index contributed by atoms with van der Waals surface area (Å²) < 4.78 is 42.1. The first-order valence-electron chi connectivity index (χ1n) is 25.3. The van der Waals surface area contributed by atoms with Crippen molar-refractivity contribution in [2.75, 3.05) is 40.6 Å². The molecule has 3 aliphatic rings. The lowest BCUT2D eigenvalue weighted by Crippen LogP contribution is -2.44. The van der Waals surface area contributed by atoms with Gasteiger partial charge in [-0.3, -0.25) is 9.59 Å². The monoisotopic (exact) mass is 956 g/mol. The third-order valence-electron chi connectivity index (χ3n) is 14.5. The van der Waals surface area contributed by atoms with E-state index < -0.39 is 17.5 Å². The van der Waals surface area contributed by atoms with E-state index in [1.54, 1.807) is 14.2 Å². The van der Waals surface area contributed by atoms with Crippen LogP contribution < -0.4 is 18.9 Å². The van der Waals surface area contributed by atoms with Gasteiger partial charge in [0, 0.05) is 39.7 Å². The number of unbranched alkanes of at least 4 members (excludes halogenated alkanes) is 1. The van der Waals surface area contributed by atoms with Crippen molar-refractivity contribution in [1.29, 1.82) is 0 Å². The zero-order valence-corrected chi connectivity index (χ0v) is 42.7. The number of hydrogen-bond acceptors (Lipinski definition) is 9. The van der Waals surface area contributed by atoms with E-state index in [9.17, 15) is 9.59 Å². The van der Waals surface area contributed by atoms with E-state index in [2.05, 4.69) is 120 Å². The van der Waals surface area contributed by atoms with Crippen LogP contribution in [-0.4, -0.2) is 58.7 Å². The van der Waals surface area contributed by atoms with E-state index in [1.165, 1.54) is 22.3 Å². The molecule has 0 bridgehead atoms. The molecule has 0 saturated heterocycles. The lowest BCUT2D eigenvalue weighted by Gasteiger charge is -2.52. The quantitative estimate of drug-likeness (QED) is 0.0616. The molecular formula is C62H68O9. The molecule has 9 heteroatoms. The second-order valence-corrected chi connectivity index (χ2v) is 21.2. The summed E-state index contributed by atoms with van der Waals surface area (Å²) in [6.07, 6.45) is 9.34. The van der Waals surface area contributed by atoms with Gasteiger partial charge in [0.05, 0.1) is 33.2 Å². The standard InChI is InChI=1S/C62H68O9/c1-9-10-32-67-41(2)37-70-55(64)29-28-54(63)69-34-33-68-46-26-22-44(23-27-46)62(43-20-24-45(65-7)25-21-43)31-30-48-57-56(47-18-14-15-19-52(47)61(57)39-59(3,4)38-60(5,6)40-61)50-35-49(42-16-12-11-13-17-42)53(66-8)36-51(50)58(48)71-62/h11-27,30-31,35-36,41H,9-10,28-29,32-34,37-40H2,1-8H3. The van der Waals surface area contributed by atoms with Crippen molar-refractivity contribution in [1.82, 2.24) is 0 Å². The van der Waals surface area contributed by atoms with E-state index in [0.29, 0.717) is 12.4 Å². The molecule has 0 aromatic heterocycles. The van der Waals surface area contributed by atoms with Crippen molar-refractivity contribution >= 4 is 28.8 Å². The molecule has 1 saturated carbocycles. The van der Waals surface area contributed by atoms with Crippen molar-refractivity contribution in [3.63, 3.8) is 0 Å². The minimum Gasteiger partial charge on any atom is -0.497 e. The maximum absolute atomic E-state index is 12.5. The molecule has 1 aliphatic heterocycles. The first kappa shape index (κ1) is 49.4. The molecule has 1 spiro atoms. The molecule has 2 aliphatic carbocycles. The Balaban J connectivity index is 1.06. The summed E-state index contributed by atoms with van der Waals surface area (Å²) in [5.41, 5.74) is 9.14. The van der Waals surface area contributed by atoms with Gasteiger partial charge in [0.15, 0.2) is 5.60 Å². The fraction of sp³-hybridized carbons (Fsp3) is 0.387. The summed E-state index contributed by atoms with van der Waals surface area (Å²) in [6.45, 7) is 14.7. The van der Waals surface area contributed by atoms with E-state index in [0.717, 1.165) is 87.9 Å². The van der Waals surface area contributed by atoms with E-state index in [1.807, 2.05) is 49.4 Å². The Morgan fingerprint density at radius 3 is 1.99 bits per heavy atom. The summed E-state index contributed by atoms with van der Waals surface area (Å²) in [7, 11) is 3.42. The van der Waals surface area contributed by atoms with Crippen LogP contribution in [-0.2, 0) is 34.8 Å². The molecule has 9 nitrogen and oxygen atoms in total. The minimum absolute atomic E-state index is 0.0307. The predicted octanol–water partition coefficient (Wildman–Crippen LogP) is 13.8. The Kier molecular flexibility index (Phi) is 14.1. The molecule has 0 N–H and O–H groups in total. The highest BCUT2D eigenvalue weighted by molar-refractivity contribution is 6.10. The van der Waals surface area contributed by atoms with E-state index in [4.69, 9.17) is 33.2 Å². The van der Waals surface area contributed by atoms with Gasteiger partial charge in [-0.15, -0.1) is 0 Å². The largest absolute Gasteiger partial charge is 0.497 e. The highest BCUT2D eigenvalue weighted by Crippen LogP contribution is 2.67. The van der Waals surface area contributed by atoms with Gasteiger partial charge in [0.1, 0.15) is 42.8 Å². The van der Waals surface area contributed by atoms with Crippen molar-refractivity contribution in [2.45, 2.75) is 104 Å². The first-order chi connectivity index (χ1) is 34.2. The Morgan fingerprint density at radius 2 is 1.32 bits per heavy atom. The second kappa shape index (κ2) is 20.3. The van der Waals surface area contributed by atoms with Gasteiger partial charge in [0.25, 0.3) is 0 Å². The maximum atomic E-state index is 12.5. The molecule has 2 unspecified atom stereocenters. The summed E-state index contributed by atoms with van der Waals surface area (Å²) >= 11 is 0. The summed E-state index contributed by atoms with van der Waals surface area (Å²) in [5, 5.41) is 2.11. The third-order valence-corrected chi connectivity index (χ3v) is 14.5. The fourth-order valence-electron chi connectivity index (χ4n) is 12.2. The van der Waals surface area contributed by atoms with Crippen LogP contribution in [0.5, 0.6) is 23.0 Å². The number of ether oxygens (including phenoxy) is 7. The minimum atomic E-state index is -1.06. The van der Waals surface area contributed by atoms with Gasteiger partial charge in [-0.1, -0.05) is 126 Å². The van der Waals surface area contributed by atoms with Crippen LogP contribution in [0.4, 0.5) is 0 Å². The number of carbonyl (C=O) groups excluding carboxylic acids is 2. The average molecular weight is 957 g/mol. The SMILES string of the molecule is CCCCOC(C)COC(=O)CCC(=O)OCCOc1ccc(C2(c3ccc(OC)cc3)C=Cc3c4c(c5cc(-c6ccccc6)c(OC)cc5c3O2)-c2ccccc2C42CC(C)(C)CC(C)(C)C2)cc1. The summed E-state index contributed by atoms with van der Waals surface area (Å²) in [5.74, 6) is 1.98. The third kappa shape index (κ3) is 9.90. The lowest BCUT2D eigenvalue weighted by atomic mass is 9.52. The van der Waals surface area contributed by atoms with Crippen LogP contribution >= 0.6 is 0 Å². The van der Waals surface area contributed by atoms with Gasteiger partial charge in [0.2, 0.25) is 0 Å². The Labute approximate surface area is 419 Å². The van der Waals surface area contributed by atoms with E-state index in [-0.39, 0.29) is 55.0 Å². The summed E-state index contributed by atoms with van der Waals surface area (Å²) in [4.78, 5) is 24.8. The highest BCUT2D eigenvalue weighted by Gasteiger charge is 2.55. The number of esters is 2. The summed E-state index contributed by atoms with van der Waals surface area (Å²) in [6, 6.07) is 40.1. The molecule has 370 valence electrons. The molecular weight excluding hydrogens is 889 g/mol. The number of methoxy groups -OCH3 is 2. The average Bonchev–Trinajstić information content (AvgIpc) is 3.63. The van der Waals surface area contributed by atoms with Crippen LogP contribution in [0.15, 0.2) is 121 Å². The van der Waals surface area contributed by atoms with Crippen LogP contribution in [0.3, 0.4) is 0 Å². The van der Waals surface area contributed by atoms with Crippen LogP contribution in [0.1, 0.15) is 114 Å². The van der Waals surface area contributed by atoms with Crippen LogP contribution in [0.25, 0.3) is 39.1 Å². The van der Waals surface area contributed by atoms with Crippen molar-refractivity contribution < 1.29 is 42.7 Å². The number of fused-ring (bicyclic) bond motifs is 10. The number of carbonyl (C=O) groups is 2. The molecule has 0 radical (unpaired) electrons. The normalized spacial score (nSPS) is 18.1. The first-order valence-corrected chi connectivity index (χ1v) is 25.3. The Morgan fingerprint density at radius 1 is 0.676 bits per heavy atom. The number of rotatable bonds is 18. The fourth-order valence-corrected chi connectivity index (χ4v) is 12.2. The Bertz CT molecular complexity index is 2900. The second-order valence-electron chi connectivity index (χ2n) is 21.2. The van der Waals surface area contributed by atoms with Gasteiger partial charge >= 0.3 is 11.9 Å². The van der Waals surface area contributed by atoms with E-state index >= 15 is 0 Å². The predicted molar refractivity (Wildman–Crippen MR) is 280 cm³/mol. The Hall–Kier alpha value is -6.58. The lowest BCUT2D eigenvalue weighted by molar-refractivity contribution is -0.152. The number of hydrogen-bond donors (Lipinski definition) is 0.